The SMILES string of the molecule is Cc1nc(C(=O)N2CCNC(=O)[C@@H]2c2ccccc2)c2ccccn12. The number of fused-ring (bicyclic) bond motifs is 1. The molecule has 1 aliphatic rings. The van der Waals surface area contributed by atoms with Gasteiger partial charge in [-0.2, -0.15) is 0 Å². The van der Waals surface area contributed by atoms with Crippen LogP contribution in [0, 0.1) is 6.92 Å². The first-order valence-corrected chi connectivity index (χ1v) is 8.24. The van der Waals surface area contributed by atoms with Crippen molar-refractivity contribution in [3.05, 3.63) is 71.8 Å². The lowest BCUT2D eigenvalue weighted by Gasteiger charge is -2.35. The number of piperazine rings is 1. The minimum Gasteiger partial charge on any atom is -0.352 e. The zero-order valence-electron chi connectivity index (χ0n) is 13.8. The second kappa shape index (κ2) is 6.05. The van der Waals surface area contributed by atoms with E-state index in [-0.39, 0.29) is 11.8 Å². The second-order valence-corrected chi connectivity index (χ2v) is 6.07. The fourth-order valence-corrected chi connectivity index (χ4v) is 3.34. The number of pyridine rings is 1. The molecule has 2 amide bonds. The molecule has 1 N–H and O–H groups in total. The quantitative estimate of drug-likeness (QED) is 0.779. The maximum Gasteiger partial charge on any atom is 0.275 e. The van der Waals surface area contributed by atoms with Crippen molar-refractivity contribution in [3.8, 4) is 0 Å². The van der Waals surface area contributed by atoms with Crippen molar-refractivity contribution in [3.63, 3.8) is 0 Å². The van der Waals surface area contributed by atoms with Gasteiger partial charge in [-0.15, -0.1) is 0 Å². The first-order chi connectivity index (χ1) is 12.2. The average Bonchev–Trinajstić information content (AvgIpc) is 2.99. The number of hydrogen-bond acceptors (Lipinski definition) is 3. The van der Waals surface area contributed by atoms with Crippen LogP contribution in [0.4, 0.5) is 0 Å². The maximum absolute atomic E-state index is 13.2. The Labute approximate surface area is 145 Å². The van der Waals surface area contributed by atoms with Gasteiger partial charge in [-0.25, -0.2) is 4.98 Å². The Bertz CT molecular complexity index is 948. The molecule has 0 radical (unpaired) electrons. The number of nitrogens with one attached hydrogen (secondary N) is 1. The van der Waals surface area contributed by atoms with Crippen molar-refractivity contribution in [1.82, 2.24) is 19.6 Å². The minimum atomic E-state index is -0.636. The summed E-state index contributed by atoms with van der Waals surface area (Å²) in [5.74, 6) is 0.364. The van der Waals surface area contributed by atoms with Crippen molar-refractivity contribution >= 4 is 17.3 Å². The van der Waals surface area contributed by atoms with Crippen LogP contribution in [0.3, 0.4) is 0 Å². The van der Waals surface area contributed by atoms with Crippen molar-refractivity contribution in [2.45, 2.75) is 13.0 Å². The maximum atomic E-state index is 13.2. The number of carbonyl (C=O) groups excluding carboxylic acids is 2. The number of amides is 2. The highest BCUT2D eigenvalue weighted by Crippen LogP contribution is 2.26. The van der Waals surface area contributed by atoms with Gasteiger partial charge in [0, 0.05) is 19.3 Å². The Morgan fingerprint density at radius 1 is 1.16 bits per heavy atom. The second-order valence-electron chi connectivity index (χ2n) is 6.07. The van der Waals surface area contributed by atoms with Gasteiger partial charge in [-0.3, -0.25) is 9.59 Å². The fraction of sp³-hybridized carbons (Fsp3) is 0.211. The molecule has 126 valence electrons. The summed E-state index contributed by atoms with van der Waals surface area (Å²) in [5, 5.41) is 2.85. The zero-order valence-corrected chi connectivity index (χ0v) is 13.8. The van der Waals surface area contributed by atoms with E-state index >= 15 is 0 Å². The van der Waals surface area contributed by atoms with E-state index in [9.17, 15) is 9.59 Å². The highest BCUT2D eigenvalue weighted by atomic mass is 16.2. The first-order valence-electron chi connectivity index (χ1n) is 8.24. The standard InChI is InChI=1S/C19H18N4O2/c1-13-21-16(15-9-5-6-11-22(13)15)19(25)23-12-10-20-18(24)17(23)14-7-3-2-4-8-14/h2-9,11,17H,10,12H2,1H3,(H,20,24)/t17-/m0/s1. The molecule has 0 bridgehead atoms. The molecule has 0 spiro atoms. The van der Waals surface area contributed by atoms with Gasteiger partial charge in [0.2, 0.25) is 5.91 Å². The molecule has 1 saturated heterocycles. The smallest absolute Gasteiger partial charge is 0.275 e. The van der Waals surface area contributed by atoms with E-state index in [1.807, 2.05) is 66.1 Å². The first kappa shape index (κ1) is 15.4. The Balaban J connectivity index is 1.78. The molecule has 6 nitrogen and oxygen atoms in total. The van der Waals surface area contributed by atoms with Crippen molar-refractivity contribution in [2.24, 2.45) is 0 Å². The average molecular weight is 334 g/mol. The van der Waals surface area contributed by atoms with E-state index < -0.39 is 6.04 Å². The predicted octanol–water partition coefficient (Wildman–Crippen LogP) is 1.96. The van der Waals surface area contributed by atoms with Crippen molar-refractivity contribution in [2.75, 3.05) is 13.1 Å². The lowest BCUT2D eigenvalue weighted by molar-refractivity contribution is -0.128. The fourth-order valence-electron chi connectivity index (χ4n) is 3.34. The van der Waals surface area contributed by atoms with Crippen LogP contribution in [0.15, 0.2) is 54.7 Å². The van der Waals surface area contributed by atoms with Crippen LogP contribution in [0.25, 0.3) is 5.52 Å². The van der Waals surface area contributed by atoms with Crippen LogP contribution in [-0.2, 0) is 4.79 Å². The predicted molar refractivity (Wildman–Crippen MR) is 93.2 cm³/mol. The lowest BCUT2D eigenvalue weighted by atomic mass is 10.0. The molecule has 0 saturated carbocycles. The zero-order chi connectivity index (χ0) is 17.4. The van der Waals surface area contributed by atoms with Crippen LogP contribution < -0.4 is 5.32 Å². The molecule has 0 unspecified atom stereocenters. The normalized spacial score (nSPS) is 17.6. The Kier molecular flexibility index (Phi) is 3.72. The van der Waals surface area contributed by atoms with Crippen LogP contribution in [0.5, 0.6) is 0 Å². The van der Waals surface area contributed by atoms with Crippen molar-refractivity contribution in [1.29, 1.82) is 0 Å². The summed E-state index contributed by atoms with van der Waals surface area (Å²) in [6.45, 7) is 2.76. The van der Waals surface area contributed by atoms with Crippen LogP contribution in [0.1, 0.15) is 27.9 Å². The number of imidazole rings is 1. The monoisotopic (exact) mass is 334 g/mol. The summed E-state index contributed by atoms with van der Waals surface area (Å²) in [4.78, 5) is 31.8. The molecule has 1 aromatic carbocycles. The van der Waals surface area contributed by atoms with Gasteiger partial charge < -0.3 is 14.6 Å². The van der Waals surface area contributed by atoms with E-state index in [2.05, 4.69) is 10.3 Å². The summed E-state index contributed by atoms with van der Waals surface area (Å²) >= 11 is 0. The molecule has 6 heteroatoms. The topological polar surface area (TPSA) is 66.7 Å². The highest BCUT2D eigenvalue weighted by Gasteiger charge is 2.36. The molecule has 4 rings (SSSR count). The number of nitrogens with zero attached hydrogens (tertiary/aromatic N) is 3. The molecule has 1 fully saturated rings. The Morgan fingerprint density at radius 3 is 2.72 bits per heavy atom. The summed E-state index contributed by atoms with van der Waals surface area (Å²) < 4.78 is 1.88. The number of hydrogen-bond donors (Lipinski definition) is 1. The number of benzene rings is 1. The number of aromatic nitrogens is 2. The largest absolute Gasteiger partial charge is 0.352 e. The van der Waals surface area contributed by atoms with E-state index in [0.29, 0.717) is 18.8 Å². The molecular weight excluding hydrogens is 316 g/mol. The molecular formula is C19H18N4O2. The van der Waals surface area contributed by atoms with E-state index in [1.54, 1.807) is 4.90 Å². The van der Waals surface area contributed by atoms with E-state index in [1.165, 1.54) is 0 Å². The molecule has 2 aromatic heterocycles. The summed E-state index contributed by atoms with van der Waals surface area (Å²) in [6, 6.07) is 14.4. The van der Waals surface area contributed by atoms with E-state index in [4.69, 9.17) is 0 Å². The van der Waals surface area contributed by atoms with Crippen molar-refractivity contribution < 1.29 is 9.59 Å². The van der Waals surface area contributed by atoms with E-state index in [0.717, 1.165) is 16.9 Å². The Hall–Kier alpha value is -3.15. The minimum absolute atomic E-state index is 0.161. The lowest BCUT2D eigenvalue weighted by Crippen LogP contribution is -2.52. The molecule has 25 heavy (non-hydrogen) atoms. The third kappa shape index (κ3) is 2.55. The number of carbonyl (C=O) groups is 2. The van der Waals surface area contributed by atoms with Crippen LogP contribution in [-0.4, -0.2) is 39.2 Å². The molecule has 3 heterocycles. The third-order valence-corrected chi connectivity index (χ3v) is 4.52. The van der Waals surface area contributed by atoms with Gasteiger partial charge in [0.25, 0.3) is 5.91 Å². The summed E-state index contributed by atoms with van der Waals surface area (Å²) in [5.41, 5.74) is 1.94. The number of rotatable bonds is 2. The molecule has 3 aromatic rings. The van der Waals surface area contributed by atoms with Gasteiger partial charge in [0.05, 0.1) is 5.52 Å². The van der Waals surface area contributed by atoms with Crippen LogP contribution in [0.2, 0.25) is 0 Å². The number of aryl methyl sites for hydroxylation is 1. The molecule has 1 atom stereocenters. The van der Waals surface area contributed by atoms with Crippen LogP contribution >= 0.6 is 0 Å². The van der Waals surface area contributed by atoms with Gasteiger partial charge in [-0.1, -0.05) is 36.4 Å². The third-order valence-electron chi connectivity index (χ3n) is 4.52. The molecule has 0 aliphatic carbocycles. The Morgan fingerprint density at radius 2 is 1.92 bits per heavy atom. The molecule has 1 aliphatic heterocycles. The van der Waals surface area contributed by atoms with Gasteiger partial charge in [0.1, 0.15) is 11.9 Å². The van der Waals surface area contributed by atoms with Gasteiger partial charge in [-0.05, 0) is 24.6 Å². The summed E-state index contributed by atoms with van der Waals surface area (Å²) in [6.07, 6.45) is 1.88. The summed E-state index contributed by atoms with van der Waals surface area (Å²) in [7, 11) is 0. The van der Waals surface area contributed by atoms with Gasteiger partial charge in [0.15, 0.2) is 5.69 Å². The van der Waals surface area contributed by atoms with Gasteiger partial charge >= 0.3 is 0 Å². The highest BCUT2D eigenvalue weighted by molar-refractivity contribution is 6.02.